The SMILES string of the molecule is c1ccc(-n2c(-n3c4ccccc4c4cc(-c5ccc6c(c5)c5ccccc5n6-c5cc6c7ccccc7oc6c6c5sc5ccccc56)ccc43)nc3ccccc32)cc1. The third-order valence-electron chi connectivity index (χ3n) is 12.6. The van der Waals surface area contributed by atoms with E-state index in [1.165, 1.54) is 69.6 Å². The standard InChI is InChI=1S/C55H32N4OS/c1-2-14-35(15-3-1)57-48-23-11-8-20-43(48)56-55(57)59-45-22-10-5-17-37(45)41-31-34(27-29-47(41)59)33-26-28-46-40(30-33)36-16-4-9-21-44(36)58(46)49-32-42-38-18-6-12-24-50(38)60-53(42)52-39-19-7-13-25-51(39)61-54(49)52/h1-32H. The lowest BCUT2D eigenvalue weighted by Gasteiger charge is -2.12. The normalized spacial score (nSPS) is 12.3. The monoisotopic (exact) mass is 796 g/mol. The summed E-state index contributed by atoms with van der Waals surface area (Å²) in [5.74, 6) is 0.870. The van der Waals surface area contributed by atoms with Gasteiger partial charge in [0.25, 0.3) is 0 Å². The quantitative estimate of drug-likeness (QED) is 0.178. The Morgan fingerprint density at radius 3 is 1.74 bits per heavy atom. The lowest BCUT2D eigenvalue weighted by molar-refractivity contribution is 0.673. The van der Waals surface area contributed by atoms with Crippen LogP contribution in [0.25, 0.3) is 125 Å². The van der Waals surface area contributed by atoms with Crippen LogP contribution in [0.4, 0.5) is 0 Å². The summed E-state index contributed by atoms with van der Waals surface area (Å²) in [5, 5.41) is 9.50. The maximum atomic E-state index is 6.66. The zero-order valence-electron chi connectivity index (χ0n) is 32.6. The molecule has 0 unspecified atom stereocenters. The molecule has 0 aliphatic rings. The number of aromatic nitrogens is 4. The van der Waals surface area contributed by atoms with Gasteiger partial charge < -0.3 is 8.98 Å². The van der Waals surface area contributed by atoms with Crippen molar-refractivity contribution in [2.45, 2.75) is 0 Å². The summed E-state index contributed by atoms with van der Waals surface area (Å²) in [4.78, 5) is 5.28. The van der Waals surface area contributed by atoms with Crippen molar-refractivity contribution in [3.63, 3.8) is 0 Å². The Bertz CT molecular complexity index is 4120. The molecule has 0 saturated carbocycles. The molecule has 6 heteroatoms. The van der Waals surface area contributed by atoms with Crippen LogP contribution in [0.15, 0.2) is 199 Å². The lowest BCUT2D eigenvalue weighted by atomic mass is 10.0. The molecule has 5 aromatic heterocycles. The summed E-state index contributed by atoms with van der Waals surface area (Å²) in [6.45, 7) is 0. The van der Waals surface area contributed by atoms with Crippen LogP contribution in [0.1, 0.15) is 0 Å². The van der Waals surface area contributed by atoms with E-state index in [1.807, 2.05) is 11.3 Å². The van der Waals surface area contributed by atoms with Gasteiger partial charge in [-0.1, -0.05) is 115 Å². The molecule has 0 amide bonds. The number of hydrogen-bond acceptors (Lipinski definition) is 3. The predicted molar refractivity (Wildman–Crippen MR) is 255 cm³/mol. The highest BCUT2D eigenvalue weighted by atomic mass is 32.1. The number of nitrogens with zero attached hydrogens (tertiary/aromatic N) is 4. The fourth-order valence-corrected chi connectivity index (χ4v) is 11.2. The molecule has 0 spiro atoms. The third kappa shape index (κ3) is 4.57. The first-order chi connectivity index (χ1) is 30.3. The first-order valence-corrected chi connectivity index (χ1v) is 21.4. The molecule has 284 valence electrons. The van der Waals surface area contributed by atoms with E-state index in [-0.39, 0.29) is 0 Å². The maximum absolute atomic E-state index is 6.66. The molecule has 0 saturated heterocycles. The highest BCUT2D eigenvalue weighted by Crippen LogP contribution is 2.47. The molecule has 14 rings (SSSR count). The van der Waals surface area contributed by atoms with Gasteiger partial charge in [0.15, 0.2) is 0 Å². The Balaban J connectivity index is 0.995. The Morgan fingerprint density at radius 2 is 0.984 bits per heavy atom. The summed E-state index contributed by atoms with van der Waals surface area (Å²) in [6, 6.07) is 69.9. The maximum Gasteiger partial charge on any atom is 0.220 e. The Labute approximate surface area is 352 Å². The highest BCUT2D eigenvalue weighted by Gasteiger charge is 2.23. The van der Waals surface area contributed by atoms with Crippen molar-refractivity contribution in [3.8, 4) is 28.5 Å². The van der Waals surface area contributed by atoms with Crippen molar-refractivity contribution in [1.82, 2.24) is 18.7 Å². The number of benzene rings is 9. The fraction of sp³-hybridized carbons (Fsp3) is 0. The molecule has 0 N–H and O–H groups in total. The topological polar surface area (TPSA) is 40.8 Å². The van der Waals surface area contributed by atoms with Gasteiger partial charge in [-0.05, 0) is 90.0 Å². The zero-order valence-corrected chi connectivity index (χ0v) is 33.4. The van der Waals surface area contributed by atoms with Crippen molar-refractivity contribution in [1.29, 1.82) is 0 Å². The molecule has 14 aromatic rings. The Morgan fingerprint density at radius 1 is 0.410 bits per heavy atom. The van der Waals surface area contributed by atoms with Crippen molar-refractivity contribution in [3.05, 3.63) is 194 Å². The van der Waals surface area contributed by atoms with Crippen LogP contribution in [0.2, 0.25) is 0 Å². The van der Waals surface area contributed by atoms with Gasteiger partial charge in [0.05, 0.1) is 43.5 Å². The van der Waals surface area contributed by atoms with Crippen molar-refractivity contribution in [2.75, 3.05) is 0 Å². The zero-order chi connectivity index (χ0) is 39.8. The molecule has 0 fully saturated rings. The predicted octanol–water partition coefficient (Wildman–Crippen LogP) is 15.2. The van der Waals surface area contributed by atoms with Gasteiger partial charge in [-0.3, -0.25) is 9.13 Å². The number of imidazole rings is 1. The molecule has 0 atom stereocenters. The molecule has 9 aromatic carbocycles. The second kappa shape index (κ2) is 12.3. The largest absolute Gasteiger partial charge is 0.455 e. The average Bonchev–Trinajstić information content (AvgIpc) is 4.13. The van der Waals surface area contributed by atoms with Crippen molar-refractivity contribution in [2.24, 2.45) is 0 Å². The Kier molecular flexibility index (Phi) is 6.65. The van der Waals surface area contributed by atoms with E-state index in [2.05, 4.69) is 208 Å². The van der Waals surface area contributed by atoms with E-state index in [9.17, 15) is 0 Å². The van der Waals surface area contributed by atoms with Gasteiger partial charge in [-0.25, -0.2) is 4.98 Å². The van der Waals surface area contributed by atoms with Crippen molar-refractivity contribution >= 4 is 108 Å². The second-order valence-electron chi connectivity index (χ2n) is 15.9. The average molecular weight is 797 g/mol. The number of thiophene rings is 1. The van der Waals surface area contributed by atoms with Crippen LogP contribution in [0.5, 0.6) is 0 Å². The van der Waals surface area contributed by atoms with E-state index in [4.69, 9.17) is 9.40 Å². The van der Waals surface area contributed by atoms with Crippen LogP contribution < -0.4 is 0 Å². The van der Waals surface area contributed by atoms with Gasteiger partial charge in [0.2, 0.25) is 5.95 Å². The molecule has 61 heavy (non-hydrogen) atoms. The van der Waals surface area contributed by atoms with E-state index in [1.54, 1.807) is 0 Å². The number of para-hydroxylation sites is 6. The van der Waals surface area contributed by atoms with Crippen LogP contribution in [0.3, 0.4) is 0 Å². The summed E-state index contributed by atoms with van der Waals surface area (Å²) in [5.41, 5.74) is 13.1. The Hall–Kier alpha value is -7.93. The van der Waals surface area contributed by atoms with Gasteiger partial charge in [0, 0.05) is 53.5 Å². The summed E-state index contributed by atoms with van der Waals surface area (Å²) in [7, 11) is 0. The number of fused-ring (bicyclic) bond motifs is 14. The van der Waals surface area contributed by atoms with E-state index in [0.717, 1.165) is 55.6 Å². The van der Waals surface area contributed by atoms with Crippen LogP contribution in [-0.4, -0.2) is 18.7 Å². The summed E-state index contributed by atoms with van der Waals surface area (Å²) >= 11 is 1.84. The fourth-order valence-electron chi connectivity index (χ4n) is 9.99. The second-order valence-corrected chi connectivity index (χ2v) is 17.0. The van der Waals surface area contributed by atoms with E-state index in [0.29, 0.717) is 0 Å². The number of rotatable bonds is 4. The van der Waals surface area contributed by atoms with E-state index >= 15 is 0 Å². The lowest BCUT2D eigenvalue weighted by Crippen LogP contribution is -2.05. The minimum atomic E-state index is 0.870. The highest BCUT2D eigenvalue weighted by molar-refractivity contribution is 7.26. The first-order valence-electron chi connectivity index (χ1n) is 20.6. The van der Waals surface area contributed by atoms with Gasteiger partial charge in [-0.2, -0.15) is 0 Å². The summed E-state index contributed by atoms with van der Waals surface area (Å²) < 4.78 is 16.2. The smallest absolute Gasteiger partial charge is 0.220 e. The molecule has 0 aliphatic carbocycles. The molecule has 0 bridgehead atoms. The minimum Gasteiger partial charge on any atom is -0.455 e. The third-order valence-corrected chi connectivity index (χ3v) is 13.8. The molecule has 5 heterocycles. The molecule has 0 aliphatic heterocycles. The molecule has 5 nitrogen and oxygen atoms in total. The van der Waals surface area contributed by atoms with E-state index < -0.39 is 0 Å². The van der Waals surface area contributed by atoms with Crippen LogP contribution in [0, 0.1) is 0 Å². The van der Waals surface area contributed by atoms with Crippen LogP contribution in [-0.2, 0) is 0 Å². The van der Waals surface area contributed by atoms with Crippen molar-refractivity contribution < 1.29 is 4.42 Å². The molecular formula is C55H32N4OS. The van der Waals surface area contributed by atoms with Gasteiger partial charge in [-0.15, -0.1) is 11.3 Å². The van der Waals surface area contributed by atoms with Crippen LogP contribution >= 0.6 is 11.3 Å². The first kappa shape index (κ1) is 33.0. The molecular weight excluding hydrogens is 765 g/mol. The minimum absolute atomic E-state index is 0.870. The van der Waals surface area contributed by atoms with Gasteiger partial charge in [0.1, 0.15) is 11.2 Å². The number of hydrogen-bond donors (Lipinski definition) is 0. The van der Waals surface area contributed by atoms with Gasteiger partial charge >= 0.3 is 0 Å². The summed E-state index contributed by atoms with van der Waals surface area (Å²) in [6.07, 6.45) is 0. The number of furan rings is 1. The molecule has 0 radical (unpaired) electrons.